The standard InChI is InChI=1S/C33H47NO2/c1-2-4-8-14-27(15-9-5-3-1)26-34(28-20-22-32(24-28)35-30-16-10-6-11-17-30)29-21-23-33(25-29)36-31-18-12-7-13-19-31/h6-7,10-13,16-19,27-29,32-33H,1-5,8-9,14-15,20-26H2. The maximum atomic E-state index is 6.42. The Bertz CT molecular complexity index is 802. The Morgan fingerprint density at radius 2 is 0.972 bits per heavy atom. The van der Waals surface area contributed by atoms with Crippen molar-refractivity contribution in [3.05, 3.63) is 60.7 Å². The van der Waals surface area contributed by atoms with Crippen molar-refractivity contribution in [2.24, 2.45) is 5.92 Å². The predicted molar refractivity (Wildman–Crippen MR) is 149 cm³/mol. The van der Waals surface area contributed by atoms with Crippen LogP contribution in [0.3, 0.4) is 0 Å². The maximum Gasteiger partial charge on any atom is 0.119 e. The molecule has 2 aromatic rings. The van der Waals surface area contributed by atoms with Gasteiger partial charge in [0, 0.05) is 18.6 Å². The van der Waals surface area contributed by atoms with Gasteiger partial charge in [-0.15, -0.1) is 0 Å². The molecule has 3 fully saturated rings. The summed E-state index contributed by atoms with van der Waals surface area (Å²) >= 11 is 0. The number of hydrogen-bond acceptors (Lipinski definition) is 3. The lowest BCUT2D eigenvalue weighted by Gasteiger charge is -2.37. The van der Waals surface area contributed by atoms with Gasteiger partial charge in [0.1, 0.15) is 23.7 Å². The van der Waals surface area contributed by atoms with E-state index in [1.807, 2.05) is 0 Å². The molecule has 4 atom stereocenters. The monoisotopic (exact) mass is 489 g/mol. The minimum Gasteiger partial charge on any atom is -0.490 e. The van der Waals surface area contributed by atoms with Crippen LogP contribution in [0, 0.1) is 5.92 Å². The van der Waals surface area contributed by atoms with E-state index in [0.29, 0.717) is 24.3 Å². The summed E-state index contributed by atoms with van der Waals surface area (Å²) in [7, 11) is 0. The van der Waals surface area contributed by atoms with Gasteiger partial charge in [-0.3, -0.25) is 4.90 Å². The predicted octanol–water partition coefficient (Wildman–Crippen LogP) is 8.43. The van der Waals surface area contributed by atoms with Crippen molar-refractivity contribution in [2.45, 2.75) is 121 Å². The lowest BCUT2D eigenvalue weighted by Crippen LogP contribution is -2.44. The molecule has 2 aromatic carbocycles. The van der Waals surface area contributed by atoms with Crippen LogP contribution in [-0.4, -0.2) is 35.7 Å². The molecule has 0 spiro atoms. The molecule has 0 radical (unpaired) electrons. The normalized spacial score (nSPS) is 28.2. The molecule has 196 valence electrons. The summed E-state index contributed by atoms with van der Waals surface area (Å²) in [6.45, 7) is 1.28. The van der Waals surface area contributed by atoms with E-state index in [2.05, 4.69) is 65.6 Å². The Balaban J connectivity index is 1.24. The summed E-state index contributed by atoms with van der Waals surface area (Å²) in [4.78, 5) is 2.96. The zero-order valence-corrected chi connectivity index (χ0v) is 22.2. The van der Waals surface area contributed by atoms with Gasteiger partial charge in [0.15, 0.2) is 0 Å². The van der Waals surface area contributed by atoms with Crippen LogP contribution < -0.4 is 9.47 Å². The summed E-state index contributed by atoms with van der Waals surface area (Å²) in [6, 6.07) is 22.2. The number of nitrogens with zero attached hydrogens (tertiary/aromatic N) is 1. The number of para-hydroxylation sites is 2. The Labute approximate surface area is 219 Å². The van der Waals surface area contributed by atoms with E-state index in [9.17, 15) is 0 Å². The van der Waals surface area contributed by atoms with E-state index in [1.54, 1.807) is 0 Å². The van der Waals surface area contributed by atoms with E-state index in [0.717, 1.165) is 17.4 Å². The largest absolute Gasteiger partial charge is 0.490 e. The molecule has 0 aliphatic heterocycles. The van der Waals surface area contributed by atoms with Gasteiger partial charge in [0.2, 0.25) is 0 Å². The van der Waals surface area contributed by atoms with Crippen LogP contribution in [0.1, 0.15) is 96.3 Å². The highest BCUT2D eigenvalue weighted by molar-refractivity contribution is 5.22. The third-order valence-electron chi connectivity index (χ3n) is 8.94. The summed E-state index contributed by atoms with van der Waals surface area (Å²) in [5.74, 6) is 2.91. The quantitative estimate of drug-likeness (QED) is 0.371. The second kappa shape index (κ2) is 13.5. The van der Waals surface area contributed by atoms with Crippen LogP contribution in [-0.2, 0) is 0 Å². The van der Waals surface area contributed by atoms with Crippen molar-refractivity contribution >= 4 is 0 Å². The summed E-state index contributed by atoms with van der Waals surface area (Å²) in [6.07, 6.45) is 20.8. The SMILES string of the molecule is c1ccc(OC2CCC(N(CC3CCCCCCCCC3)C3CCC(Oc4ccccc4)C3)C2)cc1. The van der Waals surface area contributed by atoms with Gasteiger partial charge in [-0.2, -0.15) is 0 Å². The molecule has 3 saturated carbocycles. The Hall–Kier alpha value is -2.00. The van der Waals surface area contributed by atoms with Crippen LogP contribution in [0.2, 0.25) is 0 Å². The molecule has 4 unspecified atom stereocenters. The Kier molecular flexibility index (Phi) is 9.63. The van der Waals surface area contributed by atoms with Gasteiger partial charge in [-0.1, -0.05) is 81.3 Å². The lowest BCUT2D eigenvalue weighted by molar-refractivity contribution is 0.0889. The second-order valence-corrected chi connectivity index (χ2v) is 11.7. The summed E-state index contributed by atoms with van der Waals surface area (Å²) < 4.78 is 12.8. The molecule has 3 nitrogen and oxygen atoms in total. The molecule has 0 saturated heterocycles. The molecule has 0 bridgehead atoms. The first-order valence-electron chi connectivity index (χ1n) is 15.0. The van der Waals surface area contributed by atoms with Crippen molar-refractivity contribution in [3.8, 4) is 11.5 Å². The molecule has 3 aliphatic carbocycles. The summed E-state index contributed by atoms with van der Waals surface area (Å²) in [5, 5.41) is 0. The van der Waals surface area contributed by atoms with E-state index in [4.69, 9.17) is 9.47 Å². The van der Waals surface area contributed by atoms with Crippen molar-refractivity contribution < 1.29 is 9.47 Å². The zero-order chi connectivity index (χ0) is 24.4. The number of benzene rings is 2. The third-order valence-corrected chi connectivity index (χ3v) is 8.94. The fourth-order valence-corrected chi connectivity index (χ4v) is 7.01. The van der Waals surface area contributed by atoms with Gasteiger partial charge in [0.05, 0.1) is 0 Å². The first-order chi connectivity index (χ1) is 17.8. The molecule has 3 heteroatoms. The average Bonchev–Trinajstić information content (AvgIpc) is 3.57. The molecular weight excluding hydrogens is 442 g/mol. The highest BCUT2D eigenvalue weighted by atomic mass is 16.5. The van der Waals surface area contributed by atoms with E-state index in [-0.39, 0.29) is 0 Å². The Morgan fingerprint density at radius 3 is 1.44 bits per heavy atom. The Morgan fingerprint density at radius 1 is 0.528 bits per heavy atom. The van der Waals surface area contributed by atoms with Crippen molar-refractivity contribution in [2.75, 3.05) is 6.54 Å². The second-order valence-electron chi connectivity index (χ2n) is 11.7. The number of ether oxygens (including phenoxy) is 2. The first kappa shape index (κ1) is 25.6. The molecule has 0 N–H and O–H groups in total. The minimum absolute atomic E-state index is 0.349. The highest BCUT2D eigenvalue weighted by Crippen LogP contribution is 2.36. The van der Waals surface area contributed by atoms with E-state index in [1.165, 1.54) is 103 Å². The molecule has 0 amide bonds. The zero-order valence-electron chi connectivity index (χ0n) is 22.2. The van der Waals surface area contributed by atoms with Crippen LogP contribution >= 0.6 is 0 Å². The molecule has 3 aliphatic rings. The van der Waals surface area contributed by atoms with Crippen molar-refractivity contribution in [1.29, 1.82) is 0 Å². The summed E-state index contributed by atoms with van der Waals surface area (Å²) in [5.41, 5.74) is 0. The fraction of sp³-hybridized carbons (Fsp3) is 0.636. The topological polar surface area (TPSA) is 21.7 Å². The minimum atomic E-state index is 0.349. The van der Waals surface area contributed by atoms with Gasteiger partial charge >= 0.3 is 0 Å². The van der Waals surface area contributed by atoms with Crippen LogP contribution in [0.25, 0.3) is 0 Å². The molecular formula is C33H47NO2. The smallest absolute Gasteiger partial charge is 0.119 e. The number of rotatable bonds is 8. The molecule has 0 aromatic heterocycles. The van der Waals surface area contributed by atoms with Gasteiger partial charge in [-0.05, 0) is 81.5 Å². The van der Waals surface area contributed by atoms with E-state index >= 15 is 0 Å². The van der Waals surface area contributed by atoms with Crippen molar-refractivity contribution in [3.63, 3.8) is 0 Å². The van der Waals surface area contributed by atoms with Crippen LogP contribution in [0.15, 0.2) is 60.7 Å². The maximum absolute atomic E-state index is 6.42. The average molecular weight is 490 g/mol. The van der Waals surface area contributed by atoms with Crippen molar-refractivity contribution in [1.82, 2.24) is 4.90 Å². The van der Waals surface area contributed by atoms with Gasteiger partial charge < -0.3 is 9.47 Å². The molecule has 36 heavy (non-hydrogen) atoms. The molecule has 0 heterocycles. The third kappa shape index (κ3) is 7.51. The first-order valence-corrected chi connectivity index (χ1v) is 15.0. The van der Waals surface area contributed by atoms with E-state index < -0.39 is 0 Å². The number of hydrogen-bond donors (Lipinski definition) is 0. The van der Waals surface area contributed by atoms with Gasteiger partial charge in [0.25, 0.3) is 0 Å². The molecule has 5 rings (SSSR count). The van der Waals surface area contributed by atoms with Gasteiger partial charge in [-0.25, -0.2) is 0 Å². The fourth-order valence-electron chi connectivity index (χ4n) is 7.01. The highest BCUT2D eigenvalue weighted by Gasteiger charge is 2.38. The van der Waals surface area contributed by atoms with Crippen LogP contribution in [0.4, 0.5) is 0 Å². The lowest BCUT2D eigenvalue weighted by atomic mass is 9.90. The van der Waals surface area contributed by atoms with Crippen LogP contribution in [0.5, 0.6) is 11.5 Å².